The summed E-state index contributed by atoms with van der Waals surface area (Å²) in [5.41, 5.74) is 1.77. The van der Waals surface area contributed by atoms with Crippen molar-refractivity contribution < 1.29 is 8.81 Å². The van der Waals surface area contributed by atoms with E-state index in [4.69, 9.17) is 4.42 Å². The van der Waals surface area contributed by atoms with E-state index >= 15 is 0 Å². The number of furan rings is 1. The van der Waals surface area contributed by atoms with Crippen LogP contribution in [0.15, 0.2) is 33.2 Å². The minimum atomic E-state index is -0.254. The summed E-state index contributed by atoms with van der Waals surface area (Å²) in [5.74, 6) is 1.39. The summed E-state index contributed by atoms with van der Waals surface area (Å²) in [6.07, 6.45) is 0. The summed E-state index contributed by atoms with van der Waals surface area (Å²) in [7, 11) is 0. The van der Waals surface area contributed by atoms with Gasteiger partial charge in [0.2, 0.25) is 0 Å². The van der Waals surface area contributed by atoms with Crippen LogP contribution in [0.4, 0.5) is 4.39 Å². The number of halogens is 2. The van der Waals surface area contributed by atoms with E-state index in [1.807, 2.05) is 26.0 Å². The molecule has 0 aliphatic rings. The highest BCUT2D eigenvalue weighted by molar-refractivity contribution is 9.10. The van der Waals surface area contributed by atoms with Gasteiger partial charge in [0.05, 0.1) is 11.0 Å². The molecule has 1 aromatic heterocycles. The van der Waals surface area contributed by atoms with E-state index in [9.17, 15) is 4.39 Å². The molecule has 0 atom stereocenters. The molecule has 0 spiro atoms. The molecule has 0 saturated heterocycles. The Kier molecular flexibility index (Phi) is 4.19. The third kappa shape index (κ3) is 2.82. The zero-order valence-corrected chi connectivity index (χ0v) is 12.0. The quantitative estimate of drug-likeness (QED) is 0.912. The maximum Gasteiger partial charge on any atom is 0.137 e. The number of hydrogen-bond acceptors (Lipinski definition) is 2. The van der Waals surface area contributed by atoms with Crippen LogP contribution in [-0.2, 0) is 6.54 Å². The average molecular weight is 312 g/mol. The largest absolute Gasteiger partial charge is 0.460 e. The molecule has 1 aromatic carbocycles. The van der Waals surface area contributed by atoms with Crippen molar-refractivity contribution in [3.63, 3.8) is 0 Å². The minimum Gasteiger partial charge on any atom is -0.460 e. The van der Waals surface area contributed by atoms with Gasteiger partial charge in [-0.1, -0.05) is 6.92 Å². The Hall–Kier alpha value is -1.13. The Morgan fingerprint density at radius 1 is 1.33 bits per heavy atom. The first-order chi connectivity index (χ1) is 8.61. The van der Waals surface area contributed by atoms with Crippen molar-refractivity contribution in [3.8, 4) is 11.3 Å². The van der Waals surface area contributed by atoms with Crippen LogP contribution in [0.25, 0.3) is 11.3 Å². The van der Waals surface area contributed by atoms with Gasteiger partial charge in [-0.25, -0.2) is 4.39 Å². The smallest absolute Gasteiger partial charge is 0.137 e. The summed E-state index contributed by atoms with van der Waals surface area (Å²) in [6.45, 7) is 5.53. The minimum absolute atomic E-state index is 0.254. The Labute approximate surface area is 114 Å². The van der Waals surface area contributed by atoms with E-state index in [-0.39, 0.29) is 5.82 Å². The van der Waals surface area contributed by atoms with Crippen LogP contribution in [0, 0.1) is 12.7 Å². The van der Waals surface area contributed by atoms with Gasteiger partial charge in [-0.15, -0.1) is 0 Å². The average Bonchev–Trinajstić information content (AvgIpc) is 2.79. The number of aryl methyl sites for hydroxylation is 1. The van der Waals surface area contributed by atoms with Crippen molar-refractivity contribution in [1.29, 1.82) is 0 Å². The molecule has 0 saturated carbocycles. The molecule has 0 bridgehead atoms. The fraction of sp³-hybridized carbons (Fsp3) is 0.286. The monoisotopic (exact) mass is 311 g/mol. The topological polar surface area (TPSA) is 25.2 Å². The summed E-state index contributed by atoms with van der Waals surface area (Å²) >= 11 is 3.20. The van der Waals surface area contributed by atoms with Gasteiger partial charge in [-0.2, -0.15) is 0 Å². The van der Waals surface area contributed by atoms with Gasteiger partial charge < -0.3 is 9.73 Å². The zero-order chi connectivity index (χ0) is 13.1. The standard InChI is InChI=1S/C14H15BrFNO/c1-3-17-8-10-4-5-14(18-10)11-7-12(15)13(16)6-9(11)2/h4-7,17H,3,8H2,1-2H3. The van der Waals surface area contributed by atoms with Crippen LogP contribution >= 0.6 is 15.9 Å². The van der Waals surface area contributed by atoms with Crippen molar-refractivity contribution in [2.24, 2.45) is 0 Å². The lowest BCUT2D eigenvalue weighted by molar-refractivity contribution is 0.498. The molecule has 18 heavy (non-hydrogen) atoms. The van der Waals surface area contributed by atoms with Gasteiger partial charge in [0.15, 0.2) is 0 Å². The van der Waals surface area contributed by atoms with Gasteiger partial charge in [-0.05, 0) is 59.2 Å². The van der Waals surface area contributed by atoms with E-state index in [2.05, 4.69) is 21.2 Å². The Morgan fingerprint density at radius 3 is 2.83 bits per heavy atom. The molecule has 0 radical (unpaired) electrons. The number of hydrogen-bond donors (Lipinski definition) is 1. The first kappa shape index (κ1) is 13.3. The van der Waals surface area contributed by atoms with Gasteiger partial charge in [-0.3, -0.25) is 0 Å². The van der Waals surface area contributed by atoms with Crippen molar-refractivity contribution in [2.45, 2.75) is 20.4 Å². The molecule has 0 aliphatic heterocycles. The van der Waals surface area contributed by atoms with Crippen LogP contribution in [0.2, 0.25) is 0 Å². The number of rotatable bonds is 4. The molecule has 2 nitrogen and oxygen atoms in total. The van der Waals surface area contributed by atoms with Crippen molar-refractivity contribution in [3.05, 3.63) is 45.9 Å². The van der Waals surface area contributed by atoms with Gasteiger partial charge in [0.25, 0.3) is 0 Å². The number of nitrogens with one attached hydrogen (secondary N) is 1. The Balaban J connectivity index is 2.31. The summed E-state index contributed by atoms with van der Waals surface area (Å²) < 4.78 is 19.6. The van der Waals surface area contributed by atoms with Crippen molar-refractivity contribution >= 4 is 15.9 Å². The summed E-state index contributed by atoms with van der Waals surface area (Å²) in [6, 6.07) is 7.11. The zero-order valence-electron chi connectivity index (χ0n) is 10.4. The number of benzene rings is 1. The summed E-state index contributed by atoms with van der Waals surface area (Å²) in [5, 5.41) is 3.20. The second kappa shape index (κ2) is 5.67. The van der Waals surface area contributed by atoms with E-state index in [1.54, 1.807) is 6.07 Å². The van der Waals surface area contributed by atoms with Crippen LogP contribution in [0.1, 0.15) is 18.2 Å². The lowest BCUT2D eigenvalue weighted by atomic mass is 10.1. The second-order valence-electron chi connectivity index (χ2n) is 4.13. The van der Waals surface area contributed by atoms with E-state index in [0.717, 1.165) is 29.2 Å². The third-order valence-electron chi connectivity index (χ3n) is 2.74. The molecule has 4 heteroatoms. The van der Waals surface area contributed by atoms with Crippen LogP contribution < -0.4 is 5.32 Å². The predicted molar refractivity (Wildman–Crippen MR) is 73.9 cm³/mol. The highest BCUT2D eigenvalue weighted by Gasteiger charge is 2.10. The third-order valence-corrected chi connectivity index (χ3v) is 3.35. The highest BCUT2D eigenvalue weighted by Crippen LogP contribution is 2.30. The molecule has 0 unspecified atom stereocenters. The lowest BCUT2D eigenvalue weighted by Gasteiger charge is -2.05. The van der Waals surface area contributed by atoms with Crippen molar-refractivity contribution in [1.82, 2.24) is 5.32 Å². The fourth-order valence-corrected chi connectivity index (χ4v) is 2.12. The van der Waals surface area contributed by atoms with Crippen LogP contribution in [-0.4, -0.2) is 6.54 Å². The Bertz CT molecular complexity index is 551. The van der Waals surface area contributed by atoms with Crippen molar-refractivity contribution in [2.75, 3.05) is 6.54 Å². The van der Waals surface area contributed by atoms with Crippen LogP contribution in [0.3, 0.4) is 0 Å². The van der Waals surface area contributed by atoms with Gasteiger partial charge in [0.1, 0.15) is 17.3 Å². The summed E-state index contributed by atoms with van der Waals surface area (Å²) in [4.78, 5) is 0. The Morgan fingerprint density at radius 2 is 2.11 bits per heavy atom. The molecule has 0 aliphatic carbocycles. The van der Waals surface area contributed by atoms with Gasteiger partial charge >= 0.3 is 0 Å². The van der Waals surface area contributed by atoms with Crippen LogP contribution in [0.5, 0.6) is 0 Å². The maximum absolute atomic E-state index is 13.4. The molecule has 0 fully saturated rings. The molecule has 1 N–H and O–H groups in total. The SMILES string of the molecule is CCNCc1ccc(-c2cc(Br)c(F)cc2C)o1. The maximum atomic E-state index is 13.4. The van der Waals surface area contributed by atoms with Gasteiger partial charge in [0, 0.05) is 5.56 Å². The fourth-order valence-electron chi connectivity index (χ4n) is 1.78. The first-order valence-electron chi connectivity index (χ1n) is 5.87. The normalized spacial score (nSPS) is 10.9. The molecule has 1 heterocycles. The molecular formula is C14H15BrFNO. The molecule has 96 valence electrons. The molecule has 2 rings (SSSR count). The van der Waals surface area contributed by atoms with E-state index in [1.165, 1.54) is 6.07 Å². The highest BCUT2D eigenvalue weighted by atomic mass is 79.9. The lowest BCUT2D eigenvalue weighted by Crippen LogP contribution is -2.10. The second-order valence-corrected chi connectivity index (χ2v) is 4.98. The predicted octanol–water partition coefficient (Wildman–Crippen LogP) is 4.27. The van der Waals surface area contributed by atoms with E-state index in [0.29, 0.717) is 11.0 Å². The molecule has 0 amide bonds. The first-order valence-corrected chi connectivity index (χ1v) is 6.66. The molecule has 2 aromatic rings. The van der Waals surface area contributed by atoms with E-state index < -0.39 is 0 Å². The molecular weight excluding hydrogens is 297 g/mol.